The van der Waals surface area contributed by atoms with Crippen LogP contribution in [0.25, 0.3) is 6.08 Å². The molecule has 0 heterocycles. The molecule has 124 valence electrons. The molecule has 0 unspecified atom stereocenters. The standard InChI is InChI=1S/C18H15FO5/c1-22-16-11-13(18(21)23-2)7-9-15(16)24-17(20)10-8-12-5-3-4-6-14(12)19/h3-11H,1-2H3/b10-8+. The van der Waals surface area contributed by atoms with Crippen molar-refractivity contribution in [2.75, 3.05) is 14.2 Å². The van der Waals surface area contributed by atoms with Crippen LogP contribution in [0.1, 0.15) is 15.9 Å². The summed E-state index contributed by atoms with van der Waals surface area (Å²) in [6.45, 7) is 0. The molecular weight excluding hydrogens is 315 g/mol. The highest BCUT2D eigenvalue weighted by Gasteiger charge is 2.13. The van der Waals surface area contributed by atoms with Gasteiger partial charge in [0.05, 0.1) is 19.8 Å². The number of methoxy groups -OCH3 is 2. The quantitative estimate of drug-likeness (QED) is 0.478. The fourth-order valence-electron chi connectivity index (χ4n) is 1.91. The van der Waals surface area contributed by atoms with Crippen molar-refractivity contribution in [1.82, 2.24) is 0 Å². The maximum atomic E-state index is 13.5. The third-order valence-corrected chi connectivity index (χ3v) is 3.10. The van der Waals surface area contributed by atoms with Crippen molar-refractivity contribution in [3.63, 3.8) is 0 Å². The minimum Gasteiger partial charge on any atom is -0.493 e. The van der Waals surface area contributed by atoms with Crippen LogP contribution in [0.15, 0.2) is 48.5 Å². The molecule has 0 saturated heterocycles. The smallest absolute Gasteiger partial charge is 0.337 e. The maximum absolute atomic E-state index is 13.5. The second-order valence-electron chi connectivity index (χ2n) is 4.63. The van der Waals surface area contributed by atoms with Crippen LogP contribution in [0, 0.1) is 5.82 Å². The Balaban J connectivity index is 2.14. The van der Waals surface area contributed by atoms with E-state index >= 15 is 0 Å². The van der Waals surface area contributed by atoms with E-state index < -0.39 is 17.8 Å². The van der Waals surface area contributed by atoms with E-state index in [0.29, 0.717) is 0 Å². The number of halogens is 1. The number of hydrogen-bond donors (Lipinski definition) is 0. The molecule has 0 aromatic heterocycles. The molecule has 0 saturated carbocycles. The Hall–Kier alpha value is -3.15. The highest BCUT2D eigenvalue weighted by molar-refractivity contribution is 5.91. The summed E-state index contributed by atoms with van der Waals surface area (Å²) in [6, 6.07) is 10.3. The number of ether oxygens (including phenoxy) is 3. The van der Waals surface area contributed by atoms with Crippen LogP contribution in [0.3, 0.4) is 0 Å². The molecule has 6 heteroatoms. The average Bonchev–Trinajstić information content (AvgIpc) is 2.60. The first-order valence-electron chi connectivity index (χ1n) is 6.96. The first kappa shape index (κ1) is 17.2. The lowest BCUT2D eigenvalue weighted by Crippen LogP contribution is -2.07. The maximum Gasteiger partial charge on any atom is 0.337 e. The lowest BCUT2D eigenvalue weighted by atomic mass is 10.2. The van der Waals surface area contributed by atoms with E-state index in [1.807, 2.05) is 0 Å². The van der Waals surface area contributed by atoms with Gasteiger partial charge in [-0.3, -0.25) is 0 Å². The van der Waals surface area contributed by atoms with E-state index in [0.717, 1.165) is 6.08 Å². The molecule has 2 aromatic rings. The van der Waals surface area contributed by atoms with Gasteiger partial charge in [-0.1, -0.05) is 18.2 Å². The molecule has 0 aliphatic rings. The van der Waals surface area contributed by atoms with E-state index in [1.165, 1.54) is 50.6 Å². The van der Waals surface area contributed by atoms with E-state index in [4.69, 9.17) is 9.47 Å². The van der Waals surface area contributed by atoms with Crippen LogP contribution in [0.4, 0.5) is 4.39 Å². The molecule has 24 heavy (non-hydrogen) atoms. The predicted octanol–water partition coefficient (Wildman–Crippen LogP) is 3.24. The lowest BCUT2D eigenvalue weighted by Gasteiger charge is -2.09. The summed E-state index contributed by atoms with van der Waals surface area (Å²) >= 11 is 0. The zero-order chi connectivity index (χ0) is 17.5. The van der Waals surface area contributed by atoms with Crippen LogP contribution >= 0.6 is 0 Å². The highest BCUT2D eigenvalue weighted by atomic mass is 19.1. The fourth-order valence-corrected chi connectivity index (χ4v) is 1.91. The zero-order valence-corrected chi connectivity index (χ0v) is 13.1. The molecule has 0 aliphatic heterocycles. The zero-order valence-electron chi connectivity index (χ0n) is 13.1. The Kier molecular flexibility index (Phi) is 5.68. The molecule has 0 fully saturated rings. The summed E-state index contributed by atoms with van der Waals surface area (Å²) in [5.74, 6) is -1.35. The van der Waals surface area contributed by atoms with Gasteiger partial charge in [-0.25, -0.2) is 14.0 Å². The molecule has 0 spiro atoms. The van der Waals surface area contributed by atoms with Crippen molar-refractivity contribution in [3.8, 4) is 11.5 Å². The summed E-state index contributed by atoms with van der Waals surface area (Å²) in [5.41, 5.74) is 0.526. The number of carbonyl (C=O) groups excluding carboxylic acids is 2. The largest absolute Gasteiger partial charge is 0.493 e. The minimum absolute atomic E-state index is 0.133. The van der Waals surface area contributed by atoms with Crippen LogP contribution < -0.4 is 9.47 Å². The predicted molar refractivity (Wildman–Crippen MR) is 85.4 cm³/mol. The van der Waals surface area contributed by atoms with Gasteiger partial charge in [0.25, 0.3) is 0 Å². The molecule has 0 aliphatic carbocycles. The SMILES string of the molecule is COC(=O)c1ccc(OC(=O)/C=C/c2ccccc2F)c(OC)c1. The van der Waals surface area contributed by atoms with Gasteiger partial charge >= 0.3 is 11.9 Å². The summed E-state index contributed by atoms with van der Waals surface area (Å²) < 4.78 is 28.3. The van der Waals surface area contributed by atoms with Gasteiger partial charge in [0.2, 0.25) is 0 Å². The molecule has 2 aromatic carbocycles. The van der Waals surface area contributed by atoms with Gasteiger partial charge in [-0.2, -0.15) is 0 Å². The first-order chi connectivity index (χ1) is 11.5. The van der Waals surface area contributed by atoms with Crippen molar-refractivity contribution in [1.29, 1.82) is 0 Å². The number of rotatable bonds is 5. The topological polar surface area (TPSA) is 61.8 Å². The third-order valence-electron chi connectivity index (χ3n) is 3.10. The Morgan fingerprint density at radius 2 is 1.79 bits per heavy atom. The van der Waals surface area contributed by atoms with Crippen LogP contribution in [0.2, 0.25) is 0 Å². The molecular formula is C18H15FO5. The van der Waals surface area contributed by atoms with Gasteiger partial charge in [0.15, 0.2) is 11.5 Å². The van der Waals surface area contributed by atoms with Crippen LogP contribution in [0.5, 0.6) is 11.5 Å². The Labute approximate surface area is 138 Å². The Morgan fingerprint density at radius 3 is 2.46 bits per heavy atom. The molecule has 2 rings (SSSR count). The van der Waals surface area contributed by atoms with E-state index in [-0.39, 0.29) is 22.6 Å². The number of hydrogen-bond acceptors (Lipinski definition) is 5. The van der Waals surface area contributed by atoms with Crippen LogP contribution in [-0.4, -0.2) is 26.2 Å². The van der Waals surface area contributed by atoms with Crippen molar-refractivity contribution in [3.05, 3.63) is 65.5 Å². The molecule has 0 atom stereocenters. The summed E-state index contributed by atoms with van der Waals surface area (Å²) in [6.07, 6.45) is 2.42. The van der Waals surface area contributed by atoms with Gasteiger partial charge in [-0.15, -0.1) is 0 Å². The molecule has 0 radical (unpaired) electrons. The van der Waals surface area contributed by atoms with Gasteiger partial charge in [0.1, 0.15) is 5.82 Å². The monoisotopic (exact) mass is 330 g/mol. The highest BCUT2D eigenvalue weighted by Crippen LogP contribution is 2.28. The Morgan fingerprint density at radius 1 is 1.04 bits per heavy atom. The number of carbonyl (C=O) groups is 2. The molecule has 5 nitrogen and oxygen atoms in total. The number of esters is 2. The second-order valence-corrected chi connectivity index (χ2v) is 4.63. The van der Waals surface area contributed by atoms with Crippen molar-refractivity contribution in [2.45, 2.75) is 0 Å². The van der Waals surface area contributed by atoms with Crippen molar-refractivity contribution in [2.24, 2.45) is 0 Å². The second kappa shape index (κ2) is 7.92. The van der Waals surface area contributed by atoms with Gasteiger partial charge < -0.3 is 14.2 Å². The summed E-state index contributed by atoms with van der Waals surface area (Å²) in [4.78, 5) is 23.3. The van der Waals surface area contributed by atoms with Gasteiger partial charge in [0, 0.05) is 11.6 Å². The van der Waals surface area contributed by atoms with E-state index in [1.54, 1.807) is 12.1 Å². The van der Waals surface area contributed by atoms with E-state index in [9.17, 15) is 14.0 Å². The molecule has 0 bridgehead atoms. The summed E-state index contributed by atoms with van der Waals surface area (Å²) in [5, 5.41) is 0. The Bertz CT molecular complexity index is 783. The third kappa shape index (κ3) is 4.19. The van der Waals surface area contributed by atoms with Crippen LogP contribution in [-0.2, 0) is 9.53 Å². The molecule has 0 amide bonds. The van der Waals surface area contributed by atoms with Crippen molar-refractivity contribution >= 4 is 18.0 Å². The lowest BCUT2D eigenvalue weighted by molar-refractivity contribution is -0.129. The minimum atomic E-state index is -0.706. The molecule has 0 N–H and O–H groups in total. The normalized spacial score (nSPS) is 10.5. The van der Waals surface area contributed by atoms with Crippen molar-refractivity contribution < 1.29 is 28.2 Å². The van der Waals surface area contributed by atoms with E-state index in [2.05, 4.69) is 4.74 Å². The summed E-state index contributed by atoms with van der Waals surface area (Å²) in [7, 11) is 2.64. The average molecular weight is 330 g/mol. The van der Waals surface area contributed by atoms with Gasteiger partial charge in [-0.05, 0) is 30.3 Å². The number of benzene rings is 2. The first-order valence-corrected chi connectivity index (χ1v) is 6.96. The fraction of sp³-hybridized carbons (Fsp3) is 0.111.